The molecule has 0 bridgehead atoms. The topological polar surface area (TPSA) is 187 Å². The maximum Gasteiger partial charge on any atom is 0.315 e. The minimum absolute atomic E-state index is 0.0810. The Labute approximate surface area is 294 Å². The van der Waals surface area contributed by atoms with Crippen molar-refractivity contribution in [2.75, 3.05) is 80.0 Å². The van der Waals surface area contributed by atoms with Crippen LogP contribution in [0.4, 0.5) is 4.79 Å². The Hall–Kier alpha value is -3.98. The van der Waals surface area contributed by atoms with Gasteiger partial charge in [-0.3, -0.25) is 4.79 Å². The third kappa shape index (κ3) is 9.22. The first-order valence-electron chi connectivity index (χ1n) is 17.9. The van der Waals surface area contributed by atoms with Crippen molar-refractivity contribution in [3.05, 3.63) is 41.0 Å². The second kappa shape index (κ2) is 18.9. The molecular formula is C36H54N6O8. The molecule has 50 heavy (non-hydrogen) atoms. The van der Waals surface area contributed by atoms with Crippen LogP contribution >= 0.6 is 0 Å². The van der Waals surface area contributed by atoms with E-state index in [0.717, 1.165) is 82.6 Å². The number of aromatic hydroxyl groups is 1. The molecule has 0 radical (unpaired) electrons. The van der Waals surface area contributed by atoms with Crippen LogP contribution in [0.2, 0.25) is 0 Å². The van der Waals surface area contributed by atoms with Gasteiger partial charge in [0.1, 0.15) is 0 Å². The van der Waals surface area contributed by atoms with Gasteiger partial charge in [0, 0.05) is 18.4 Å². The van der Waals surface area contributed by atoms with Gasteiger partial charge in [0.15, 0.2) is 23.0 Å². The molecule has 1 fully saturated rings. The predicted molar refractivity (Wildman–Crippen MR) is 188 cm³/mol. The normalized spacial score (nSPS) is 20.2. The molecule has 2 aromatic carbocycles. The Bertz CT molecular complexity index is 1400. The van der Waals surface area contributed by atoms with Crippen LogP contribution in [-0.2, 0) is 9.53 Å². The number of carbonyl (C=O) groups is 2. The van der Waals surface area contributed by atoms with Crippen molar-refractivity contribution in [1.82, 2.24) is 26.6 Å². The minimum Gasteiger partial charge on any atom is -0.502 e. The van der Waals surface area contributed by atoms with Gasteiger partial charge in [0.25, 0.3) is 0 Å². The lowest BCUT2D eigenvalue weighted by molar-refractivity contribution is -0.141. The van der Waals surface area contributed by atoms with E-state index in [1.807, 2.05) is 12.1 Å². The minimum atomic E-state index is -0.609. The van der Waals surface area contributed by atoms with Crippen LogP contribution < -0.4 is 51.3 Å². The molecule has 2 heterocycles. The third-order valence-electron chi connectivity index (χ3n) is 9.62. The van der Waals surface area contributed by atoms with E-state index in [0.29, 0.717) is 23.6 Å². The van der Waals surface area contributed by atoms with Gasteiger partial charge in [-0.2, -0.15) is 0 Å². The number of ether oxygens (including phenoxy) is 5. The number of unbranched alkanes of at least 4 members (excludes halogenated alkanes) is 2. The standard InChI is InChI=1S/C36H54N6O8/c1-46-29-17-23(18-30(47-2)34(29)43)31-24-19-27-28(50-22-49-27)20-25(24)33(26-21-48-35(44)32(26)31)42-36(45)41-16-6-5-12-40-15-8-14-39-11-4-3-10-38-13-7-9-37/h17-20,26,31-33,38-40,43H,3-16,21-22,37H2,1-2H3,(H2,41,42,45)/t26-,31?,32-,33+/m0/s1. The molecule has 4 atom stereocenters. The first kappa shape index (κ1) is 37.3. The van der Waals surface area contributed by atoms with E-state index in [2.05, 4.69) is 26.6 Å². The number of cyclic esters (lactones) is 1. The maximum atomic E-state index is 13.4. The SMILES string of the molecule is COc1cc(C2c3cc4c(cc3[C@@H](NC(=O)NCCCCNCCCNCCCCNCCCN)[C@H]3COC(=O)[C@H]23)OCO4)cc(OC)c1O. The molecule has 2 amide bonds. The molecule has 14 nitrogen and oxygen atoms in total. The number of methoxy groups -OCH3 is 2. The summed E-state index contributed by atoms with van der Waals surface area (Å²) in [6.07, 6.45) is 6.21. The smallest absolute Gasteiger partial charge is 0.315 e. The van der Waals surface area contributed by atoms with Crippen molar-refractivity contribution in [2.45, 2.75) is 50.5 Å². The average molecular weight is 699 g/mol. The number of amides is 2. The highest BCUT2D eigenvalue weighted by Crippen LogP contribution is 2.55. The van der Waals surface area contributed by atoms with Gasteiger partial charge < -0.3 is 61.1 Å². The second-order valence-electron chi connectivity index (χ2n) is 12.9. The van der Waals surface area contributed by atoms with Crippen LogP contribution in [0.25, 0.3) is 0 Å². The van der Waals surface area contributed by atoms with Crippen LogP contribution in [-0.4, -0.2) is 97.1 Å². The van der Waals surface area contributed by atoms with Crippen LogP contribution in [0, 0.1) is 11.8 Å². The molecule has 1 aliphatic carbocycles. The summed E-state index contributed by atoms with van der Waals surface area (Å²) in [5, 5.41) is 27.1. The molecule has 2 aliphatic heterocycles. The van der Waals surface area contributed by atoms with Crippen molar-refractivity contribution < 1.29 is 38.4 Å². The van der Waals surface area contributed by atoms with Crippen LogP contribution in [0.5, 0.6) is 28.7 Å². The molecule has 1 unspecified atom stereocenters. The number of rotatable bonds is 21. The summed E-state index contributed by atoms with van der Waals surface area (Å²) in [6.45, 7) is 7.42. The van der Waals surface area contributed by atoms with Crippen molar-refractivity contribution in [3.8, 4) is 28.7 Å². The van der Waals surface area contributed by atoms with Gasteiger partial charge in [-0.1, -0.05) is 0 Å². The highest BCUT2D eigenvalue weighted by molar-refractivity contribution is 5.80. The number of urea groups is 1. The number of benzene rings is 2. The number of nitrogens with one attached hydrogen (secondary N) is 5. The Kier molecular flexibility index (Phi) is 14.1. The van der Waals surface area contributed by atoms with E-state index >= 15 is 0 Å². The fourth-order valence-electron chi connectivity index (χ4n) is 7.05. The van der Waals surface area contributed by atoms with Crippen molar-refractivity contribution in [1.29, 1.82) is 0 Å². The fourth-order valence-corrected chi connectivity index (χ4v) is 7.05. The number of esters is 1. The molecule has 276 valence electrons. The highest BCUT2D eigenvalue weighted by Gasteiger charge is 2.53. The molecule has 1 saturated heterocycles. The molecule has 0 spiro atoms. The molecule has 8 N–H and O–H groups in total. The summed E-state index contributed by atoms with van der Waals surface area (Å²) < 4.78 is 27.9. The lowest BCUT2D eigenvalue weighted by atomic mass is 9.65. The zero-order valence-electron chi connectivity index (χ0n) is 29.3. The first-order valence-corrected chi connectivity index (χ1v) is 17.9. The number of phenolic OH excluding ortho intramolecular Hbond substituents is 1. The zero-order valence-corrected chi connectivity index (χ0v) is 29.3. The molecule has 3 aliphatic rings. The predicted octanol–water partition coefficient (Wildman–Crippen LogP) is 2.48. The monoisotopic (exact) mass is 698 g/mol. The summed E-state index contributed by atoms with van der Waals surface area (Å²) in [7, 11) is 2.92. The molecular weight excluding hydrogens is 644 g/mol. The van der Waals surface area contributed by atoms with Gasteiger partial charge in [0.05, 0.1) is 32.8 Å². The van der Waals surface area contributed by atoms with Gasteiger partial charge in [-0.05, 0) is 125 Å². The van der Waals surface area contributed by atoms with E-state index in [-0.39, 0.29) is 48.6 Å². The molecule has 2 aromatic rings. The quantitative estimate of drug-likeness (QED) is 0.0747. The molecule has 14 heteroatoms. The lowest BCUT2D eigenvalue weighted by Gasteiger charge is -2.39. The molecule has 0 aromatic heterocycles. The summed E-state index contributed by atoms with van der Waals surface area (Å²) in [5.74, 6) is -0.343. The van der Waals surface area contributed by atoms with E-state index < -0.39 is 17.9 Å². The van der Waals surface area contributed by atoms with Crippen LogP contribution in [0.15, 0.2) is 24.3 Å². The van der Waals surface area contributed by atoms with Gasteiger partial charge in [-0.15, -0.1) is 0 Å². The molecule has 5 rings (SSSR count). The summed E-state index contributed by atoms with van der Waals surface area (Å²) >= 11 is 0. The Balaban J connectivity index is 1.11. The van der Waals surface area contributed by atoms with E-state index in [9.17, 15) is 14.7 Å². The summed E-state index contributed by atoms with van der Waals surface area (Å²) in [5.41, 5.74) is 7.81. The van der Waals surface area contributed by atoms with Crippen LogP contribution in [0.1, 0.15) is 67.2 Å². The summed E-state index contributed by atoms with van der Waals surface area (Å²) in [6, 6.07) is 6.35. The van der Waals surface area contributed by atoms with E-state index in [1.165, 1.54) is 27.1 Å². The number of hydrogen-bond donors (Lipinski definition) is 7. The van der Waals surface area contributed by atoms with Gasteiger partial charge >= 0.3 is 12.0 Å². The average Bonchev–Trinajstić information content (AvgIpc) is 3.75. The number of hydrogen-bond acceptors (Lipinski definition) is 12. The maximum absolute atomic E-state index is 13.4. The number of nitrogens with two attached hydrogens (primary N) is 1. The fraction of sp³-hybridized carbons (Fsp3) is 0.611. The lowest BCUT2D eigenvalue weighted by Crippen LogP contribution is -2.46. The molecule has 0 saturated carbocycles. The van der Waals surface area contributed by atoms with Gasteiger partial charge in [-0.25, -0.2) is 4.79 Å². The van der Waals surface area contributed by atoms with Crippen molar-refractivity contribution >= 4 is 12.0 Å². The van der Waals surface area contributed by atoms with E-state index in [1.54, 1.807) is 12.1 Å². The van der Waals surface area contributed by atoms with Gasteiger partial charge in [0.2, 0.25) is 12.5 Å². The first-order chi connectivity index (χ1) is 24.5. The number of carbonyl (C=O) groups excluding carboxylic acids is 2. The van der Waals surface area contributed by atoms with Crippen LogP contribution in [0.3, 0.4) is 0 Å². The largest absolute Gasteiger partial charge is 0.502 e. The Morgan fingerprint density at radius 2 is 1.36 bits per heavy atom. The number of phenols is 1. The number of fused-ring (bicyclic) bond motifs is 3. The van der Waals surface area contributed by atoms with Crippen molar-refractivity contribution in [3.63, 3.8) is 0 Å². The zero-order chi connectivity index (χ0) is 35.3. The highest BCUT2D eigenvalue weighted by atomic mass is 16.7. The second-order valence-corrected chi connectivity index (χ2v) is 12.9. The Morgan fingerprint density at radius 1 is 0.800 bits per heavy atom. The Morgan fingerprint density at radius 3 is 1.96 bits per heavy atom. The third-order valence-corrected chi connectivity index (χ3v) is 9.62. The summed E-state index contributed by atoms with van der Waals surface area (Å²) in [4.78, 5) is 26.6. The van der Waals surface area contributed by atoms with E-state index in [4.69, 9.17) is 29.4 Å². The van der Waals surface area contributed by atoms with Crippen molar-refractivity contribution in [2.24, 2.45) is 17.6 Å².